The van der Waals surface area contributed by atoms with Crippen LogP contribution in [0.2, 0.25) is 0 Å². The van der Waals surface area contributed by atoms with Crippen LogP contribution in [0.1, 0.15) is 10.4 Å². The maximum absolute atomic E-state index is 12.6. The fraction of sp³-hybridized carbons (Fsp3) is 0.0526. The number of amides is 1. The summed E-state index contributed by atoms with van der Waals surface area (Å²) in [7, 11) is 1.52. The monoisotopic (exact) mass is 346 g/mol. The first-order valence-corrected chi connectivity index (χ1v) is 7.87. The molecule has 2 heterocycles. The molecular weight excluding hydrogens is 332 g/mol. The lowest BCUT2D eigenvalue weighted by Gasteiger charge is -2.09. The van der Waals surface area contributed by atoms with Crippen molar-refractivity contribution in [3.63, 3.8) is 0 Å². The summed E-state index contributed by atoms with van der Waals surface area (Å²) in [6.45, 7) is 0. The van der Waals surface area contributed by atoms with Crippen molar-refractivity contribution in [1.29, 1.82) is 0 Å². The first-order chi connectivity index (χ1) is 12.7. The van der Waals surface area contributed by atoms with Gasteiger partial charge in [0.1, 0.15) is 11.4 Å². The van der Waals surface area contributed by atoms with Crippen molar-refractivity contribution in [1.82, 2.24) is 15.2 Å². The molecule has 0 spiro atoms. The molecule has 0 bridgehead atoms. The molecule has 0 fully saturated rings. The van der Waals surface area contributed by atoms with Gasteiger partial charge in [0.05, 0.1) is 12.7 Å². The Morgan fingerprint density at radius 1 is 1.04 bits per heavy atom. The third-order valence-corrected chi connectivity index (χ3v) is 3.84. The maximum atomic E-state index is 12.6. The Kier molecular flexibility index (Phi) is 4.03. The van der Waals surface area contributed by atoms with E-state index in [0.29, 0.717) is 17.0 Å². The summed E-state index contributed by atoms with van der Waals surface area (Å²) in [5.74, 6) is 0.292. The second-order valence-electron chi connectivity index (χ2n) is 5.48. The van der Waals surface area contributed by atoms with Gasteiger partial charge in [-0.2, -0.15) is 0 Å². The highest BCUT2D eigenvalue weighted by Gasteiger charge is 2.17. The number of fused-ring (bicyclic) bond motifs is 1. The molecule has 7 heteroatoms. The molecule has 0 aliphatic carbocycles. The van der Waals surface area contributed by atoms with Gasteiger partial charge in [-0.25, -0.2) is 0 Å². The summed E-state index contributed by atoms with van der Waals surface area (Å²) >= 11 is 0. The predicted molar refractivity (Wildman–Crippen MR) is 96.0 cm³/mol. The number of aromatic nitrogens is 3. The second kappa shape index (κ2) is 6.64. The van der Waals surface area contributed by atoms with E-state index in [2.05, 4.69) is 20.5 Å². The van der Waals surface area contributed by atoms with Crippen molar-refractivity contribution < 1.29 is 13.9 Å². The number of pyridine rings is 1. The van der Waals surface area contributed by atoms with Crippen LogP contribution in [-0.4, -0.2) is 28.2 Å². The van der Waals surface area contributed by atoms with Crippen LogP contribution < -0.4 is 10.1 Å². The van der Waals surface area contributed by atoms with E-state index in [1.54, 1.807) is 24.4 Å². The van der Waals surface area contributed by atoms with Gasteiger partial charge < -0.3 is 9.15 Å². The topological polar surface area (TPSA) is 90.1 Å². The highest BCUT2D eigenvalue weighted by atomic mass is 16.5. The van der Waals surface area contributed by atoms with Crippen molar-refractivity contribution in [3.05, 3.63) is 66.4 Å². The van der Waals surface area contributed by atoms with Gasteiger partial charge in [0.2, 0.25) is 0 Å². The summed E-state index contributed by atoms with van der Waals surface area (Å²) in [4.78, 5) is 16.8. The molecule has 0 saturated heterocycles. The molecule has 1 amide bonds. The molecule has 2 aromatic heterocycles. The zero-order valence-corrected chi connectivity index (χ0v) is 13.8. The molecule has 0 atom stereocenters. The Labute approximate surface area is 148 Å². The van der Waals surface area contributed by atoms with E-state index in [9.17, 15) is 4.79 Å². The smallest absolute Gasteiger partial charge is 0.322 e. The third-order valence-electron chi connectivity index (χ3n) is 3.84. The van der Waals surface area contributed by atoms with Crippen LogP contribution in [-0.2, 0) is 0 Å². The van der Waals surface area contributed by atoms with E-state index < -0.39 is 5.91 Å². The standard InChI is InChI=1S/C19H14N4O3/c1-25-16-11-13-7-3-2-6-12(13)10-14(16)17(24)21-19-23-22-18(26-19)15-8-4-5-9-20-15/h2-11H,1H3,(H,21,23,24). The number of hydrogen-bond acceptors (Lipinski definition) is 6. The van der Waals surface area contributed by atoms with Crippen LogP contribution in [0.4, 0.5) is 6.01 Å². The maximum Gasteiger partial charge on any atom is 0.322 e. The van der Waals surface area contributed by atoms with Gasteiger partial charge in [-0.15, -0.1) is 5.10 Å². The van der Waals surface area contributed by atoms with E-state index in [1.807, 2.05) is 36.4 Å². The summed E-state index contributed by atoms with van der Waals surface area (Å²) in [5.41, 5.74) is 0.910. The van der Waals surface area contributed by atoms with Gasteiger partial charge in [0.15, 0.2) is 0 Å². The van der Waals surface area contributed by atoms with Crippen LogP contribution in [0, 0.1) is 0 Å². The van der Waals surface area contributed by atoms with E-state index in [1.165, 1.54) is 7.11 Å². The Morgan fingerprint density at radius 2 is 1.81 bits per heavy atom. The van der Waals surface area contributed by atoms with Gasteiger partial charge in [-0.1, -0.05) is 35.4 Å². The number of rotatable bonds is 4. The van der Waals surface area contributed by atoms with Crippen molar-refractivity contribution in [2.45, 2.75) is 0 Å². The number of ether oxygens (including phenoxy) is 1. The number of carbonyl (C=O) groups excluding carboxylic acids is 1. The minimum atomic E-state index is -0.399. The van der Waals surface area contributed by atoms with E-state index in [0.717, 1.165) is 10.8 Å². The van der Waals surface area contributed by atoms with E-state index in [-0.39, 0.29) is 11.9 Å². The van der Waals surface area contributed by atoms with Crippen LogP contribution in [0.25, 0.3) is 22.4 Å². The zero-order valence-electron chi connectivity index (χ0n) is 13.8. The van der Waals surface area contributed by atoms with Crippen molar-refractivity contribution in [2.24, 2.45) is 0 Å². The van der Waals surface area contributed by atoms with Gasteiger partial charge in [-0.3, -0.25) is 15.1 Å². The van der Waals surface area contributed by atoms with Gasteiger partial charge in [-0.05, 0) is 35.0 Å². The zero-order chi connectivity index (χ0) is 17.9. The quantitative estimate of drug-likeness (QED) is 0.608. The summed E-state index contributed by atoms with van der Waals surface area (Å²) in [5, 5.41) is 12.3. The summed E-state index contributed by atoms with van der Waals surface area (Å²) in [6, 6.07) is 16.6. The summed E-state index contributed by atoms with van der Waals surface area (Å²) < 4.78 is 10.8. The van der Waals surface area contributed by atoms with Crippen LogP contribution in [0.15, 0.2) is 65.2 Å². The Balaban J connectivity index is 1.62. The average molecular weight is 346 g/mol. The Bertz CT molecular complexity index is 1080. The van der Waals surface area contributed by atoms with E-state index in [4.69, 9.17) is 9.15 Å². The van der Waals surface area contributed by atoms with E-state index >= 15 is 0 Å². The largest absolute Gasteiger partial charge is 0.496 e. The number of nitrogens with one attached hydrogen (secondary N) is 1. The molecule has 0 saturated carbocycles. The highest BCUT2D eigenvalue weighted by Crippen LogP contribution is 2.27. The molecule has 0 unspecified atom stereocenters. The molecule has 7 nitrogen and oxygen atoms in total. The highest BCUT2D eigenvalue weighted by molar-refractivity contribution is 6.07. The Hall–Kier alpha value is -3.74. The first-order valence-electron chi connectivity index (χ1n) is 7.87. The minimum absolute atomic E-state index is 0.00846. The van der Waals surface area contributed by atoms with Crippen LogP contribution in [0.3, 0.4) is 0 Å². The SMILES string of the molecule is COc1cc2ccccc2cc1C(=O)Nc1nnc(-c2ccccn2)o1. The molecule has 1 N–H and O–H groups in total. The van der Waals surface area contributed by atoms with Crippen LogP contribution in [0.5, 0.6) is 5.75 Å². The fourth-order valence-corrected chi connectivity index (χ4v) is 2.60. The minimum Gasteiger partial charge on any atom is -0.496 e. The molecule has 2 aromatic carbocycles. The number of anilines is 1. The first kappa shape index (κ1) is 15.8. The number of methoxy groups -OCH3 is 1. The van der Waals surface area contributed by atoms with Crippen molar-refractivity contribution in [3.8, 4) is 17.3 Å². The molecule has 0 aliphatic rings. The lowest BCUT2D eigenvalue weighted by atomic mass is 10.1. The van der Waals surface area contributed by atoms with Gasteiger partial charge in [0.25, 0.3) is 11.8 Å². The molecule has 128 valence electrons. The normalized spacial score (nSPS) is 10.7. The summed E-state index contributed by atoms with van der Waals surface area (Å²) in [6.07, 6.45) is 1.62. The van der Waals surface area contributed by atoms with Crippen molar-refractivity contribution in [2.75, 3.05) is 12.4 Å². The lowest BCUT2D eigenvalue weighted by Crippen LogP contribution is -2.13. The van der Waals surface area contributed by atoms with Crippen molar-refractivity contribution >= 4 is 22.7 Å². The second-order valence-corrected chi connectivity index (χ2v) is 5.48. The molecule has 0 radical (unpaired) electrons. The lowest BCUT2D eigenvalue weighted by molar-refractivity contribution is 0.102. The predicted octanol–water partition coefficient (Wildman–Crippen LogP) is 3.55. The number of hydrogen-bond donors (Lipinski definition) is 1. The fourth-order valence-electron chi connectivity index (χ4n) is 2.60. The molecule has 4 rings (SSSR count). The number of carbonyl (C=O) groups is 1. The molecule has 26 heavy (non-hydrogen) atoms. The average Bonchev–Trinajstić information content (AvgIpc) is 3.16. The molecule has 0 aliphatic heterocycles. The molecular formula is C19H14N4O3. The third kappa shape index (κ3) is 2.98. The van der Waals surface area contributed by atoms with Gasteiger partial charge >= 0.3 is 6.01 Å². The van der Waals surface area contributed by atoms with Gasteiger partial charge in [0, 0.05) is 6.20 Å². The number of benzene rings is 2. The van der Waals surface area contributed by atoms with Crippen LogP contribution >= 0.6 is 0 Å². The molecule has 4 aromatic rings. The Morgan fingerprint density at radius 3 is 2.54 bits per heavy atom. The number of nitrogens with zero attached hydrogens (tertiary/aromatic N) is 3.